The average molecular weight is 250 g/mol. The highest BCUT2D eigenvalue weighted by Gasteiger charge is 2.11. The highest BCUT2D eigenvalue weighted by atomic mass is 16.1. The number of aromatic nitrogens is 2. The first kappa shape index (κ1) is 11.7. The summed E-state index contributed by atoms with van der Waals surface area (Å²) in [5, 5.41) is 0. The first-order valence-corrected chi connectivity index (χ1v) is 6.18. The van der Waals surface area contributed by atoms with Crippen LogP contribution in [-0.4, -0.2) is 9.55 Å². The van der Waals surface area contributed by atoms with Gasteiger partial charge < -0.3 is 4.57 Å². The summed E-state index contributed by atoms with van der Waals surface area (Å²) < 4.78 is 1.94. The molecule has 3 heteroatoms. The number of pyridine rings is 2. The van der Waals surface area contributed by atoms with Gasteiger partial charge in [0.2, 0.25) is 0 Å². The van der Waals surface area contributed by atoms with E-state index >= 15 is 0 Å². The number of hydrogen-bond acceptors (Lipinski definition) is 2. The summed E-state index contributed by atoms with van der Waals surface area (Å²) in [6.45, 7) is 2.02. The lowest BCUT2D eigenvalue weighted by molar-refractivity contribution is 0.855. The maximum atomic E-state index is 12.1. The van der Waals surface area contributed by atoms with Gasteiger partial charge in [0.15, 0.2) is 0 Å². The molecule has 0 aromatic heterocycles. The number of aryl methyl sites for hydroxylation is 2. The summed E-state index contributed by atoms with van der Waals surface area (Å²) in [4.78, 5) is 16.3. The molecular weight excluding hydrogens is 236 g/mol. The van der Waals surface area contributed by atoms with Crippen LogP contribution in [0.25, 0.3) is 22.4 Å². The van der Waals surface area contributed by atoms with Gasteiger partial charge in [-0.25, -0.2) is 4.98 Å². The Kier molecular flexibility index (Phi) is 2.67. The zero-order chi connectivity index (χ0) is 13.4. The van der Waals surface area contributed by atoms with Gasteiger partial charge in [-0.1, -0.05) is 30.3 Å². The van der Waals surface area contributed by atoms with Gasteiger partial charge in [-0.05, 0) is 24.6 Å². The van der Waals surface area contributed by atoms with Gasteiger partial charge in [-0.15, -0.1) is 0 Å². The SMILES string of the molecule is Cc1cc2cc(-c3ccccc3)nc(=O)c-2cn1C. The molecule has 2 aliphatic rings. The summed E-state index contributed by atoms with van der Waals surface area (Å²) in [5.74, 6) is 0. The number of nitrogens with zero attached hydrogens (tertiary/aromatic N) is 2. The van der Waals surface area contributed by atoms with Crippen LogP contribution in [0.1, 0.15) is 5.69 Å². The van der Waals surface area contributed by atoms with Crippen molar-refractivity contribution < 1.29 is 0 Å². The van der Waals surface area contributed by atoms with Crippen LogP contribution < -0.4 is 5.56 Å². The van der Waals surface area contributed by atoms with Crippen LogP contribution in [0.15, 0.2) is 53.5 Å². The largest absolute Gasteiger partial charge is 0.354 e. The molecule has 2 heterocycles. The van der Waals surface area contributed by atoms with Crippen molar-refractivity contribution in [1.82, 2.24) is 9.55 Å². The van der Waals surface area contributed by atoms with Gasteiger partial charge in [-0.2, -0.15) is 0 Å². The number of hydrogen-bond donors (Lipinski definition) is 0. The molecule has 0 fully saturated rings. The molecule has 3 nitrogen and oxygen atoms in total. The van der Waals surface area contributed by atoms with E-state index in [1.807, 2.05) is 67.2 Å². The van der Waals surface area contributed by atoms with Crippen molar-refractivity contribution in [2.45, 2.75) is 6.92 Å². The maximum Gasteiger partial charge on any atom is 0.279 e. The second kappa shape index (κ2) is 4.35. The van der Waals surface area contributed by atoms with Crippen LogP contribution in [0.5, 0.6) is 0 Å². The van der Waals surface area contributed by atoms with E-state index < -0.39 is 0 Å². The van der Waals surface area contributed by atoms with Gasteiger partial charge in [0.25, 0.3) is 5.56 Å². The van der Waals surface area contributed by atoms with Gasteiger partial charge in [0.05, 0.1) is 11.3 Å². The summed E-state index contributed by atoms with van der Waals surface area (Å²) in [6.07, 6.45) is 1.84. The van der Waals surface area contributed by atoms with E-state index in [4.69, 9.17) is 0 Å². The van der Waals surface area contributed by atoms with E-state index in [-0.39, 0.29) is 5.56 Å². The fourth-order valence-corrected chi connectivity index (χ4v) is 2.18. The third-order valence-electron chi connectivity index (χ3n) is 3.37. The summed E-state index contributed by atoms with van der Waals surface area (Å²) in [6, 6.07) is 13.8. The van der Waals surface area contributed by atoms with E-state index in [2.05, 4.69) is 4.98 Å². The minimum Gasteiger partial charge on any atom is -0.354 e. The molecule has 0 saturated heterocycles. The Morgan fingerprint density at radius 1 is 1.05 bits per heavy atom. The van der Waals surface area contributed by atoms with Gasteiger partial charge in [-0.3, -0.25) is 4.79 Å². The van der Waals surface area contributed by atoms with E-state index in [9.17, 15) is 4.79 Å². The Morgan fingerprint density at radius 3 is 2.53 bits per heavy atom. The molecule has 0 radical (unpaired) electrons. The normalized spacial score (nSPS) is 10.8. The summed E-state index contributed by atoms with van der Waals surface area (Å²) in [5.41, 5.74) is 4.23. The highest BCUT2D eigenvalue weighted by Crippen LogP contribution is 2.24. The molecule has 0 bridgehead atoms. The monoisotopic (exact) mass is 250 g/mol. The van der Waals surface area contributed by atoms with Crippen LogP contribution in [0.4, 0.5) is 0 Å². The number of rotatable bonds is 1. The number of benzene rings is 1. The van der Waals surface area contributed by atoms with Crippen molar-refractivity contribution in [2.24, 2.45) is 7.05 Å². The molecule has 0 amide bonds. The van der Waals surface area contributed by atoms with Crippen molar-refractivity contribution >= 4 is 0 Å². The second-order valence-corrected chi connectivity index (χ2v) is 4.71. The van der Waals surface area contributed by atoms with Crippen molar-refractivity contribution in [3.63, 3.8) is 0 Å². The van der Waals surface area contributed by atoms with E-state index in [1.165, 1.54) is 0 Å². The van der Waals surface area contributed by atoms with Gasteiger partial charge in [0.1, 0.15) is 0 Å². The molecule has 2 aliphatic heterocycles. The van der Waals surface area contributed by atoms with Crippen LogP contribution in [0.3, 0.4) is 0 Å². The average Bonchev–Trinajstić information content (AvgIpc) is 2.42. The van der Waals surface area contributed by atoms with Crippen molar-refractivity contribution in [3.8, 4) is 22.4 Å². The number of fused-ring (bicyclic) bond motifs is 1. The first-order chi connectivity index (χ1) is 9.15. The van der Waals surface area contributed by atoms with Crippen LogP contribution in [0.2, 0.25) is 0 Å². The Hall–Kier alpha value is -2.42. The Labute approximate surface area is 111 Å². The second-order valence-electron chi connectivity index (χ2n) is 4.71. The molecular formula is C16H14N2O. The maximum absolute atomic E-state index is 12.1. The zero-order valence-corrected chi connectivity index (χ0v) is 10.9. The fourth-order valence-electron chi connectivity index (χ4n) is 2.18. The van der Waals surface area contributed by atoms with Gasteiger partial charge >= 0.3 is 0 Å². The lowest BCUT2D eigenvalue weighted by Gasteiger charge is -2.11. The topological polar surface area (TPSA) is 34.9 Å². The summed E-state index contributed by atoms with van der Waals surface area (Å²) in [7, 11) is 1.93. The summed E-state index contributed by atoms with van der Waals surface area (Å²) >= 11 is 0. The van der Waals surface area contributed by atoms with Crippen LogP contribution in [0, 0.1) is 6.92 Å². The first-order valence-electron chi connectivity index (χ1n) is 6.18. The molecule has 1 aromatic rings. The zero-order valence-electron chi connectivity index (χ0n) is 10.9. The molecule has 0 aliphatic carbocycles. The molecule has 0 unspecified atom stereocenters. The third-order valence-corrected chi connectivity index (χ3v) is 3.37. The van der Waals surface area contributed by atoms with Crippen molar-refractivity contribution in [3.05, 3.63) is 64.7 Å². The molecule has 0 spiro atoms. The third kappa shape index (κ3) is 2.03. The Bertz CT molecular complexity index is 760. The van der Waals surface area contributed by atoms with Crippen LogP contribution in [-0.2, 0) is 7.05 Å². The van der Waals surface area contributed by atoms with Crippen molar-refractivity contribution in [1.29, 1.82) is 0 Å². The van der Waals surface area contributed by atoms with Gasteiger partial charge in [0, 0.05) is 24.5 Å². The minimum atomic E-state index is -0.174. The molecule has 19 heavy (non-hydrogen) atoms. The smallest absolute Gasteiger partial charge is 0.279 e. The molecule has 0 saturated carbocycles. The molecule has 1 aromatic carbocycles. The van der Waals surface area contributed by atoms with Crippen LogP contribution >= 0.6 is 0 Å². The lowest BCUT2D eigenvalue weighted by Crippen LogP contribution is -2.13. The van der Waals surface area contributed by atoms with E-state index in [0.29, 0.717) is 5.56 Å². The Morgan fingerprint density at radius 2 is 1.79 bits per heavy atom. The van der Waals surface area contributed by atoms with E-state index in [1.54, 1.807) is 0 Å². The lowest BCUT2D eigenvalue weighted by atomic mass is 10.0. The highest BCUT2D eigenvalue weighted by molar-refractivity contribution is 5.71. The quantitative estimate of drug-likeness (QED) is 0.665. The Balaban J connectivity index is 2.29. The fraction of sp³-hybridized carbons (Fsp3) is 0.125. The molecule has 3 rings (SSSR count). The molecule has 94 valence electrons. The predicted molar refractivity (Wildman–Crippen MR) is 76.3 cm³/mol. The minimum absolute atomic E-state index is 0.174. The predicted octanol–water partition coefficient (Wildman–Crippen LogP) is 2.86. The standard InChI is InChI=1S/C16H14N2O/c1-11-8-13-9-15(12-6-4-3-5-7-12)17-16(19)14(13)10-18(11)2/h3-10H,1-2H3. The van der Waals surface area contributed by atoms with Crippen molar-refractivity contribution in [2.75, 3.05) is 0 Å². The van der Waals surface area contributed by atoms with E-state index in [0.717, 1.165) is 22.5 Å². The molecule has 0 N–H and O–H groups in total. The molecule has 0 atom stereocenters.